The average Bonchev–Trinajstić information content (AvgIpc) is 3.13. The summed E-state index contributed by atoms with van der Waals surface area (Å²) in [5, 5.41) is 0. The van der Waals surface area contributed by atoms with E-state index in [0.717, 1.165) is 64.2 Å². The van der Waals surface area contributed by atoms with Gasteiger partial charge in [0.15, 0.2) is 6.10 Å². The van der Waals surface area contributed by atoms with Gasteiger partial charge < -0.3 is 19.3 Å². The Hall–Kier alpha value is -1.99. The number of allylic oxidation sites excluding steroid dienone is 8. The Labute approximate surface area is 324 Å². The van der Waals surface area contributed by atoms with Gasteiger partial charge in [-0.15, -0.1) is 0 Å². The maximum absolute atomic E-state index is 12.4. The molecule has 0 amide bonds. The molecular weight excluding hydrogens is 687 g/mol. The van der Waals surface area contributed by atoms with Crippen LogP contribution in [-0.2, 0) is 28.2 Å². The molecule has 0 fully saturated rings. The lowest BCUT2D eigenvalue weighted by Crippen LogP contribution is -2.29. The van der Waals surface area contributed by atoms with Crippen molar-refractivity contribution < 1.29 is 37.9 Å². The quantitative estimate of drug-likeness (QED) is 0.0275. The second-order valence-corrected chi connectivity index (χ2v) is 15.5. The smallest absolute Gasteiger partial charge is 0.462 e. The number of hydrogen-bond acceptors (Lipinski definition) is 6. The van der Waals surface area contributed by atoms with Crippen molar-refractivity contribution in [2.45, 2.75) is 206 Å². The van der Waals surface area contributed by atoms with E-state index in [2.05, 4.69) is 67.0 Å². The van der Waals surface area contributed by atoms with Crippen LogP contribution in [0.3, 0.4) is 0 Å². The summed E-state index contributed by atoms with van der Waals surface area (Å²) in [5.41, 5.74) is 0. The summed E-state index contributed by atoms with van der Waals surface area (Å²) in [4.78, 5) is 42.9. The van der Waals surface area contributed by atoms with Crippen LogP contribution in [0.1, 0.15) is 200 Å². The molecule has 0 aromatic carbocycles. The largest absolute Gasteiger partial charge is 0.469 e. The Balaban J connectivity index is 3.94. The number of phosphoric ester groups is 1. The van der Waals surface area contributed by atoms with Crippen molar-refractivity contribution in [3.8, 4) is 0 Å². The molecule has 0 spiro atoms. The molecule has 1 atom stereocenters. The molecule has 8 nitrogen and oxygen atoms in total. The lowest BCUT2D eigenvalue weighted by atomic mass is 10.1. The van der Waals surface area contributed by atoms with Gasteiger partial charge in [0.1, 0.15) is 6.61 Å². The van der Waals surface area contributed by atoms with Crippen molar-refractivity contribution in [3.63, 3.8) is 0 Å². The predicted octanol–water partition coefficient (Wildman–Crippen LogP) is 13.1. The summed E-state index contributed by atoms with van der Waals surface area (Å²) in [6, 6.07) is 0. The Morgan fingerprint density at radius 3 is 1.28 bits per heavy atom. The van der Waals surface area contributed by atoms with Gasteiger partial charge in [-0.3, -0.25) is 14.1 Å². The molecule has 2 N–H and O–H groups in total. The number of ether oxygens (including phenoxy) is 2. The first kappa shape index (κ1) is 51.0. The maximum atomic E-state index is 12.4. The number of esters is 2. The molecule has 0 bridgehead atoms. The third-order valence-electron chi connectivity index (χ3n) is 9.07. The predicted molar refractivity (Wildman–Crippen MR) is 221 cm³/mol. The fourth-order valence-corrected chi connectivity index (χ4v) is 6.21. The molecule has 0 saturated heterocycles. The molecule has 0 radical (unpaired) electrons. The van der Waals surface area contributed by atoms with Gasteiger partial charge in [0.2, 0.25) is 0 Å². The van der Waals surface area contributed by atoms with Crippen LogP contribution in [0.5, 0.6) is 0 Å². The standard InChI is InChI=1S/C44H79O8P/c1-3-5-7-9-11-13-15-17-19-21-23-25-27-29-31-33-35-37-39-44(46)52-42(41-51-53(47,48)49)40-50-43(45)38-36-34-32-30-28-26-24-22-20-18-16-14-12-10-8-6-4-2/h12-15,18-21,42H,3-11,16-17,22-41H2,1-2H3,(H2,47,48,49)/b14-12-,15-13-,20-18-,21-19-. The number of rotatable bonds is 39. The van der Waals surface area contributed by atoms with E-state index >= 15 is 0 Å². The summed E-state index contributed by atoms with van der Waals surface area (Å²) in [6.45, 7) is 3.64. The van der Waals surface area contributed by atoms with Crippen LogP contribution in [-0.4, -0.2) is 41.0 Å². The van der Waals surface area contributed by atoms with Crippen molar-refractivity contribution in [2.75, 3.05) is 13.2 Å². The Kier molecular flexibility index (Phi) is 38.2. The second-order valence-electron chi connectivity index (χ2n) is 14.3. The highest BCUT2D eigenvalue weighted by Gasteiger charge is 2.22. The number of hydrogen-bond donors (Lipinski definition) is 2. The summed E-state index contributed by atoms with van der Waals surface area (Å²) in [5.74, 6) is -0.902. The van der Waals surface area contributed by atoms with Gasteiger partial charge >= 0.3 is 19.8 Å². The number of phosphoric acid groups is 1. The van der Waals surface area contributed by atoms with Crippen molar-refractivity contribution in [3.05, 3.63) is 48.6 Å². The molecule has 0 aromatic heterocycles. The zero-order chi connectivity index (χ0) is 38.9. The lowest BCUT2D eigenvalue weighted by molar-refractivity contribution is -0.161. The first-order valence-corrected chi connectivity index (χ1v) is 23.0. The van der Waals surface area contributed by atoms with Gasteiger partial charge in [0.25, 0.3) is 0 Å². The number of carbonyl (C=O) groups is 2. The molecule has 0 aliphatic carbocycles. The normalized spacial score (nSPS) is 12.9. The summed E-state index contributed by atoms with van der Waals surface area (Å²) < 4.78 is 26.4. The van der Waals surface area contributed by atoms with Crippen LogP contribution < -0.4 is 0 Å². The highest BCUT2D eigenvalue weighted by molar-refractivity contribution is 7.46. The molecule has 1 unspecified atom stereocenters. The second kappa shape index (κ2) is 39.7. The molecule has 0 rings (SSSR count). The van der Waals surface area contributed by atoms with Crippen molar-refractivity contribution in [1.29, 1.82) is 0 Å². The van der Waals surface area contributed by atoms with Crippen LogP contribution in [0.2, 0.25) is 0 Å². The molecule has 0 aliphatic rings. The third kappa shape index (κ3) is 42.6. The van der Waals surface area contributed by atoms with Gasteiger partial charge in [-0.1, -0.05) is 159 Å². The van der Waals surface area contributed by atoms with E-state index in [1.165, 1.54) is 96.3 Å². The van der Waals surface area contributed by atoms with Gasteiger partial charge in [0, 0.05) is 12.8 Å². The van der Waals surface area contributed by atoms with Crippen molar-refractivity contribution >= 4 is 19.8 Å². The van der Waals surface area contributed by atoms with E-state index < -0.39 is 32.5 Å². The van der Waals surface area contributed by atoms with Gasteiger partial charge in [0.05, 0.1) is 6.61 Å². The minimum atomic E-state index is -4.76. The maximum Gasteiger partial charge on any atom is 0.469 e. The molecule has 0 heterocycles. The van der Waals surface area contributed by atoms with E-state index in [4.69, 9.17) is 19.3 Å². The highest BCUT2D eigenvalue weighted by Crippen LogP contribution is 2.36. The minimum absolute atomic E-state index is 0.200. The minimum Gasteiger partial charge on any atom is -0.462 e. The van der Waals surface area contributed by atoms with Crippen molar-refractivity contribution in [2.24, 2.45) is 0 Å². The van der Waals surface area contributed by atoms with Crippen LogP contribution in [0, 0.1) is 0 Å². The molecule has 0 aromatic rings. The SMILES string of the molecule is CCCCC/C=C\C/C=C\CCCCCCCCCC(=O)OCC(COP(=O)(O)O)OC(=O)CCCCCCCCC/C=C\C/C=C\CCCCCC. The summed E-state index contributed by atoms with van der Waals surface area (Å²) in [6.07, 6.45) is 48.2. The lowest BCUT2D eigenvalue weighted by Gasteiger charge is -2.18. The van der Waals surface area contributed by atoms with E-state index in [1.54, 1.807) is 0 Å². The van der Waals surface area contributed by atoms with Crippen LogP contribution in [0.4, 0.5) is 0 Å². The molecular formula is C44H79O8P. The third-order valence-corrected chi connectivity index (χ3v) is 9.56. The zero-order valence-corrected chi connectivity index (χ0v) is 34.8. The average molecular weight is 767 g/mol. The van der Waals surface area contributed by atoms with Gasteiger partial charge in [-0.25, -0.2) is 4.57 Å². The molecule has 308 valence electrons. The van der Waals surface area contributed by atoms with Crippen LogP contribution >= 0.6 is 7.82 Å². The number of unbranched alkanes of at least 4 members (excludes halogenated alkanes) is 21. The monoisotopic (exact) mass is 767 g/mol. The molecule has 0 aliphatic heterocycles. The first-order chi connectivity index (χ1) is 25.8. The van der Waals surface area contributed by atoms with Crippen LogP contribution in [0.25, 0.3) is 0 Å². The van der Waals surface area contributed by atoms with E-state index in [0.29, 0.717) is 12.8 Å². The first-order valence-electron chi connectivity index (χ1n) is 21.4. The van der Waals surface area contributed by atoms with Crippen molar-refractivity contribution in [1.82, 2.24) is 0 Å². The summed E-state index contributed by atoms with van der Waals surface area (Å²) >= 11 is 0. The molecule has 0 saturated carbocycles. The number of carbonyl (C=O) groups excluding carboxylic acids is 2. The van der Waals surface area contributed by atoms with E-state index in [-0.39, 0.29) is 19.4 Å². The van der Waals surface area contributed by atoms with E-state index in [9.17, 15) is 14.2 Å². The Bertz CT molecular complexity index is 999. The zero-order valence-electron chi connectivity index (χ0n) is 33.9. The Morgan fingerprint density at radius 1 is 0.491 bits per heavy atom. The fourth-order valence-electron chi connectivity index (χ4n) is 5.84. The van der Waals surface area contributed by atoms with Gasteiger partial charge in [-0.05, 0) is 77.0 Å². The van der Waals surface area contributed by atoms with E-state index in [1.807, 2.05) is 0 Å². The summed E-state index contributed by atoms with van der Waals surface area (Å²) in [7, 11) is -4.76. The van der Waals surface area contributed by atoms with Crippen LogP contribution in [0.15, 0.2) is 48.6 Å². The fraction of sp³-hybridized carbons (Fsp3) is 0.773. The highest BCUT2D eigenvalue weighted by atomic mass is 31.2. The topological polar surface area (TPSA) is 119 Å². The molecule has 53 heavy (non-hydrogen) atoms. The Morgan fingerprint density at radius 2 is 0.849 bits per heavy atom. The van der Waals surface area contributed by atoms with Gasteiger partial charge in [-0.2, -0.15) is 0 Å². The molecule has 9 heteroatoms.